The van der Waals surface area contributed by atoms with Gasteiger partial charge in [0.2, 0.25) is 0 Å². The normalized spacial score (nSPS) is 17.3. The molecule has 2 aromatic rings. The zero-order valence-corrected chi connectivity index (χ0v) is 15.6. The van der Waals surface area contributed by atoms with Crippen molar-refractivity contribution in [2.45, 2.75) is 38.1 Å². The number of nitrogens with zero attached hydrogens (tertiary/aromatic N) is 2. The molecule has 7 nitrogen and oxygen atoms in total. The van der Waals surface area contributed by atoms with Crippen molar-refractivity contribution in [2.24, 2.45) is 0 Å². The first kappa shape index (κ1) is 19.1. The number of benzene rings is 1. The Bertz CT molecular complexity index is 812. The Labute approximate surface area is 158 Å². The SMILES string of the molecule is Cc1c(C(=O)NCC(C)(C(=O)O)c2ccccc2)cnn1C1CCOCC1. The van der Waals surface area contributed by atoms with Crippen molar-refractivity contribution in [3.63, 3.8) is 0 Å². The first-order valence-corrected chi connectivity index (χ1v) is 9.12. The minimum Gasteiger partial charge on any atom is -0.481 e. The molecule has 1 fully saturated rings. The summed E-state index contributed by atoms with van der Waals surface area (Å²) in [4.78, 5) is 24.5. The van der Waals surface area contributed by atoms with Gasteiger partial charge in [-0.05, 0) is 32.3 Å². The number of hydrogen-bond donors (Lipinski definition) is 2. The van der Waals surface area contributed by atoms with E-state index in [0.717, 1.165) is 18.5 Å². The van der Waals surface area contributed by atoms with E-state index in [0.29, 0.717) is 24.3 Å². The third-order valence-corrected chi connectivity index (χ3v) is 5.31. The van der Waals surface area contributed by atoms with Crippen LogP contribution in [-0.2, 0) is 14.9 Å². The highest BCUT2D eigenvalue weighted by Crippen LogP contribution is 2.25. The van der Waals surface area contributed by atoms with Crippen LogP contribution < -0.4 is 5.32 Å². The number of aliphatic carboxylic acids is 1. The maximum absolute atomic E-state index is 12.7. The number of carbonyl (C=O) groups is 2. The van der Waals surface area contributed by atoms with Gasteiger partial charge in [0.25, 0.3) is 5.91 Å². The number of carbonyl (C=O) groups excluding carboxylic acids is 1. The molecule has 2 N–H and O–H groups in total. The van der Waals surface area contributed by atoms with Crippen LogP contribution in [0.4, 0.5) is 0 Å². The first-order chi connectivity index (χ1) is 12.9. The molecule has 0 aliphatic carbocycles. The summed E-state index contributed by atoms with van der Waals surface area (Å²) in [6.07, 6.45) is 3.30. The van der Waals surface area contributed by atoms with Crippen molar-refractivity contribution < 1.29 is 19.4 Å². The fourth-order valence-corrected chi connectivity index (χ4v) is 3.40. The Kier molecular flexibility index (Phi) is 5.60. The zero-order chi connectivity index (χ0) is 19.4. The third kappa shape index (κ3) is 3.88. The summed E-state index contributed by atoms with van der Waals surface area (Å²) in [7, 11) is 0. The molecule has 144 valence electrons. The van der Waals surface area contributed by atoms with Crippen LogP contribution in [0, 0.1) is 6.92 Å². The van der Waals surface area contributed by atoms with Gasteiger partial charge in [0.15, 0.2) is 0 Å². The predicted octanol–water partition coefficient (Wildman–Crippen LogP) is 2.32. The van der Waals surface area contributed by atoms with Crippen LogP contribution in [0.5, 0.6) is 0 Å². The quantitative estimate of drug-likeness (QED) is 0.813. The van der Waals surface area contributed by atoms with Crippen molar-refractivity contribution in [1.29, 1.82) is 0 Å². The first-order valence-electron chi connectivity index (χ1n) is 9.12. The largest absolute Gasteiger partial charge is 0.481 e. The summed E-state index contributed by atoms with van der Waals surface area (Å²) in [5, 5.41) is 16.9. The van der Waals surface area contributed by atoms with Gasteiger partial charge in [-0.25, -0.2) is 0 Å². The second-order valence-corrected chi connectivity index (χ2v) is 7.12. The van der Waals surface area contributed by atoms with Gasteiger partial charge in [0, 0.05) is 25.5 Å². The number of carboxylic acid groups (broad SMARTS) is 1. The topological polar surface area (TPSA) is 93.5 Å². The van der Waals surface area contributed by atoms with Crippen molar-refractivity contribution >= 4 is 11.9 Å². The molecular weight excluding hydrogens is 346 g/mol. The molecule has 0 saturated carbocycles. The lowest BCUT2D eigenvalue weighted by atomic mass is 9.82. The average molecular weight is 371 g/mol. The lowest BCUT2D eigenvalue weighted by Crippen LogP contribution is -2.44. The van der Waals surface area contributed by atoms with Crippen LogP contribution >= 0.6 is 0 Å². The van der Waals surface area contributed by atoms with Crippen molar-refractivity contribution in [2.75, 3.05) is 19.8 Å². The summed E-state index contributed by atoms with van der Waals surface area (Å²) in [5.74, 6) is -1.29. The fourth-order valence-electron chi connectivity index (χ4n) is 3.40. The van der Waals surface area contributed by atoms with Crippen LogP contribution in [0.1, 0.15) is 47.4 Å². The molecule has 1 atom stereocenters. The Morgan fingerprint density at radius 3 is 2.59 bits per heavy atom. The lowest BCUT2D eigenvalue weighted by molar-refractivity contribution is -0.142. The predicted molar refractivity (Wildman–Crippen MR) is 99.8 cm³/mol. The van der Waals surface area contributed by atoms with Gasteiger partial charge < -0.3 is 15.2 Å². The van der Waals surface area contributed by atoms with Crippen LogP contribution in [-0.4, -0.2) is 46.5 Å². The molecule has 0 bridgehead atoms. The van der Waals surface area contributed by atoms with E-state index >= 15 is 0 Å². The molecule has 1 aliphatic rings. The molecule has 1 amide bonds. The number of amides is 1. The minimum atomic E-state index is -1.21. The van der Waals surface area contributed by atoms with E-state index in [4.69, 9.17) is 4.74 Å². The number of ether oxygens (including phenoxy) is 1. The van der Waals surface area contributed by atoms with Gasteiger partial charge in [0.05, 0.1) is 17.8 Å². The number of aromatic nitrogens is 2. The highest BCUT2D eigenvalue weighted by atomic mass is 16.5. The van der Waals surface area contributed by atoms with Crippen LogP contribution in [0.25, 0.3) is 0 Å². The standard InChI is InChI=1S/C20H25N3O4/c1-14-17(12-22-23(14)16-8-10-27-11-9-16)18(24)21-13-20(2,19(25)26)15-6-4-3-5-7-15/h3-7,12,16H,8-11,13H2,1-2H3,(H,21,24)(H,25,26). The highest BCUT2D eigenvalue weighted by molar-refractivity contribution is 5.95. The van der Waals surface area contributed by atoms with E-state index < -0.39 is 11.4 Å². The van der Waals surface area contributed by atoms with Crippen molar-refractivity contribution in [3.8, 4) is 0 Å². The van der Waals surface area contributed by atoms with Gasteiger partial charge in [0.1, 0.15) is 5.41 Å². The fraction of sp³-hybridized carbons (Fsp3) is 0.450. The van der Waals surface area contributed by atoms with E-state index in [1.165, 1.54) is 0 Å². The second kappa shape index (κ2) is 7.92. The van der Waals surface area contributed by atoms with Crippen LogP contribution in [0.15, 0.2) is 36.5 Å². The average Bonchev–Trinajstić information content (AvgIpc) is 3.08. The number of nitrogens with one attached hydrogen (secondary N) is 1. The molecule has 1 aromatic carbocycles. The maximum Gasteiger partial charge on any atom is 0.315 e. The summed E-state index contributed by atoms with van der Waals surface area (Å²) in [6, 6.07) is 9.16. The van der Waals surface area contributed by atoms with Crippen molar-refractivity contribution in [3.05, 3.63) is 53.3 Å². The molecule has 1 unspecified atom stereocenters. The maximum atomic E-state index is 12.7. The third-order valence-electron chi connectivity index (χ3n) is 5.31. The van der Waals surface area contributed by atoms with Crippen LogP contribution in [0.3, 0.4) is 0 Å². The summed E-state index contributed by atoms with van der Waals surface area (Å²) in [6.45, 7) is 4.86. The Balaban J connectivity index is 1.73. The zero-order valence-electron chi connectivity index (χ0n) is 15.6. The molecule has 1 saturated heterocycles. The molecule has 0 radical (unpaired) electrons. The second-order valence-electron chi connectivity index (χ2n) is 7.12. The van der Waals surface area contributed by atoms with Crippen molar-refractivity contribution in [1.82, 2.24) is 15.1 Å². The number of carboxylic acids is 1. The summed E-state index contributed by atoms with van der Waals surface area (Å²) < 4.78 is 7.26. The van der Waals surface area contributed by atoms with E-state index in [-0.39, 0.29) is 18.5 Å². The van der Waals surface area contributed by atoms with Gasteiger partial charge >= 0.3 is 5.97 Å². The molecular formula is C20H25N3O4. The van der Waals surface area contributed by atoms with Gasteiger partial charge in [-0.1, -0.05) is 30.3 Å². The number of rotatable bonds is 6. The molecule has 2 heterocycles. The molecule has 1 aliphatic heterocycles. The highest BCUT2D eigenvalue weighted by Gasteiger charge is 2.36. The molecule has 3 rings (SSSR count). The summed E-state index contributed by atoms with van der Waals surface area (Å²) >= 11 is 0. The number of hydrogen-bond acceptors (Lipinski definition) is 4. The van der Waals surface area contributed by atoms with Gasteiger partial charge in [-0.3, -0.25) is 14.3 Å². The van der Waals surface area contributed by atoms with E-state index in [2.05, 4.69) is 10.4 Å². The Morgan fingerprint density at radius 2 is 1.96 bits per heavy atom. The Morgan fingerprint density at radius 1 is 1.30 bits per heavy atom. The molecule has 0 spiro atoms. The summed E-state index contributed by atoms with van der Waals surface area (Å²) in [5.41, 5.74) is 0.701. The molecule has 27 heavy (non-hydrogen) atoms. The minimum absolute atomic E-state index is 0.00688. The smallest absolute Gasteiger partial charge is 0.315 e. The Hall–Kier alpha value is -2.67. The van der Waals surface area contributed by atoms with Gasteiger partial charge in [-0.15, -0.1) is 0 Å². The molecule has 7 heteroatoms. The van der Waals surface area contributed by atoms with E-state index in [1.807, 2.05) is 17.7 Å². The lowest BCUT2D eigenvalue weighted by Gasteiger charge is -2.26. The van der Waals surface area contributed by atoms with Crippen LogP contribution in [0.2, 0.25) is 0 Å². The monoisotopic (exact) mass is 371 g/mol. The van der Waals surface area contributed by atoms with E-state index in [9.17, 15) is 14.7 Å². The van der Waals surface area contributed by atoms with Gasteiger partial charge in [-0.2, -0.15) is 5.10 Å². The van der Waals surface area contributed by atoms with E-state index in [1.54, 1.807) is 37.4 Å². The molecule has 1 aromatic heterocycles.